The monoisotopic (exact) mass is 278 g/mol. The van der Waals surface area contributed by atoms with Crippen LogP contribution in [-0.4, -0.2) is 41.3 Å². The van der Waals surface area contributed by atoms with Gasteiger partial charge < -0.3 is 15.5 Å². The molecular formula is C16H26N2O2. The van der Waals surface area contributed by atoms with E-state index in [1.807, 2.05) is 0 Å². The molecule has 0 saturated carbocycles. The lowest BCUT2D eigenvalue weighted by Crippen LogP contribution is -2.38. The first kappa shape index (κ1) is 15.1. The van der Waals surface area contributed by atoms with Crippen molar-refractivity contribution in [2.45, 2.75) is 32.7 Å². The first-order valence-corrected chi connectivity index (χ1v) is 7.58. The number of likely N-dealkylation sites (tertiary alicyclic amines) is 1. The average Bonchev–Trinajstić information content (AvgIpc) is 2.47. The molecule has 1 aromatic carbocycles. The summed E-state index contributed by atoms with van der Waals surface area (Å²) in [7, 11) is 0. The Labute approximate surface area is 121 Å². The third-order valence-corrected chi connectivity index (χ3v) is 4.34. The van der Waals surface area contributed by atoms with Crippen LogP contribution >= 0.6 is 0 Å². The largest absolute Gasteiger partial charge is 0.508 e. The van der Waals surface area contributed by atoms with E-state index in [0.717, 1.165) is 37.7 Å². The van der Waals surface area contributed by atoms with Crippen LogP contribution in [0.25, 0.3) is 0 Å². The Kier molecular flexibility index (Phi) is 5.26. The third-order valence-electron chi connectivity index (χ3n) is 4.34. The molecule has 1 unspecified atom stereocenters. The van der Waals surface area contributed by atoms with Crippen molar-refractivity contribution < 1.29 is 10.2 Å². The van der Waals surface area contributed by atoms with E-state index >= 15 is 0 Å². The Morgan fingerprint density at radius 1 is 1.30 bits per heavy atom. The van der Waals surface area contributed by atoms with Gasteiger partial charge in [-0.1, -0.05) is 6.92 Å². The highest BCUT2D eigenvalue weighted by atomic mass is 16.3. The molecule has 4 nitrogen and oxygen atoms in total. The van der Waals surface area contributed by atoms with Crippen molar-refractivity contribution in [1.82, 2.24) is 10.2 Å². The van der Waals surface area contributed by atoms with E-state index in [2.05, 4.69) is 24.1 Å². The van der Waals surface area contributed by atoms with Crippen molar-refractivity contribution in [3.63, 3.8) is 0 Å². The van der Waals surface area contributed by atoms with Crippen LogP contribution in [0.3, 0.4) is 0 Å². The summed E-state index contributed by atoms with van der Waals surface area (Å²) in [5, 5.41) is 23.0. The number of piperidine rings is 1. The SMILES string of the molecule is CCNCC1CCN(C(C)c2cc(O)ccc2O)CC1. The Morgan fingerprint density at radius 2 is 2.00 bits per heavy atom. The van der Waals surface area contributed by atoms with Crippen molar-refractivity contribution in [2.24, 2.45) is 5.92 Å². The van der Waals surface area contributed by atoms with Crippen LogP contribution in [0, 0.1) is 5.92 Å². The molecule has 0 radical (unpaired) electrons. The topological polar surface area (TPSA) is 55.7 Å². The molecular weight excluding hydrogens is 252 g/mol. The van der Waals surface area contributed by atoms with E-state index in [-0.39, 0.29) is 17.5 Å². The van der Waals surface area contributed by atoms with Crippen molar-refractivity contribution in [3.8, 4) is 11.5 Å². The van der Waals surface area contributed by atoms with Gasteiger partial charge in [-0.15, -0.1) is 0 Å². The highest BCUT2D eigenvalue weighted by Crippen LogP contribution is 2.33. The van der Waals surface area contributed by atoms with Crippen LogP contribution in [0.2, 0.25) is 0 Å². The number of nitrogens with one attached hydrogen (secondary N) is 1. The Balaban J connectivity index is 1.94. The molecule has 1 aliphatic heterocycles. The summed E-state index contributed by atoms with van der Waals surface area (Å²) in [6.07, 6.45) is 2.38. The van der Waals surface area contributed by atoms with Gasteiger partial charge in [-0.25, -0.2) is 0 Å². The molecule has 0 aromatic heterocycles. The zero-order valence-electron chi connectivity index (χ0n) is 12.5. The number of phenols is 2. The van der Waals surface area contributed by atoms with Gasteiger partial charge in [-0.2, -0.15) is 0 Å². The number of hydrogen-bond donors (Lipinski definition) is 3. The Hall–Kier alpha value is -1.26. The minimum Gasteiger partial charge on any atom is -0.508 e. The maximum absolute atomic E-state index is 9.96. The molecule has 0 aliphatic carbocycles. The predicted octanol–water partition coefficient (Wildman–Crippen LogP) is 2.48. The molecule has 0 bridgehead atoms. The fraction of sp³-hybridized carbons (Fsp3) is 0.625. The van der Waals surface area contributed by atoms with Crippen molar-refractivity contribution in [2.75, 3.05) is 26.2 Å². The second kappa shape index (κ2) is 6.95. The van der Waals surface area contributed by atoms with Gasteiger partial charge >= 0.3 is 0 Å². The zero-order chi connectivity index (χ0) is 14.5. The number of phenolic OH excluding ortho intramolecular Hbond substituents is 2. The molecule has 3 N–H and O–H groups in total. The van der Waals surface area contributed by atoms with Crippen molar-refractivity contribution in [1.29, 1.82) is 0 Å². The van der Waals surface area contributed by atoms with Gasteiger partial charge in [0.1, 0.15) is 11.5 Å². The van der Waals surface area contributed by atoms with Gasteiger partial charge in [0.05, 0.1) is 0 Å². The molecule has 1 aromatic rings. The lowest BCUT2D eigenvalue weighted by Gasteiger charge is -2.36. The number of benzene rings is 1. The molecule has 1 heterocycles. The summed E-state index contributed by atoms with van der Waals surface area (Å²) >= 11 is 0. The van der Waals surface area contributed by atoms with E-state index in [0.29, 0.717) is 0 Å². The Bertz CT molecular complexity index is 428. The minimum absolute atomic E-state index is 0.141. The quantitative estimate of drug-likeness (QED) is 0.724. The lowest BCUT2D eigenvalue weighted by atomic mass is 9.94. The number of nitrogens with zero attached hydrogens (tertiary/aromatic N) is 1. The van der Waals surface area contributed by atoms with Gasteiger partial charge in [-0.05, 0) is 70.1 Å². The van der Waals surface area contributed by atoms with E-state index in [4.69, 9.17) is 0 Å². The predicted molar refractivity (Wildman–Crippen MR) is 81.0 cm³/mol. The van der Waals surface area contributed by atoms with Crippen LogP contribution in [0.4, 0.5) is 0 Å². The van der Waals surface area contributed by atoms with E-state index < -0.39 is 0 Å². The fourth-order valence-electron chi connectivity index (χ4n) is 2.97. The summed E-state index contributed by atoms with van der Waals surface area (Å²) in [6, 6.07) is 4.90. The van der Waals surface area contributed by atoms with Crippen molar-refractivity contribution in [3.05, 3.63) is 23.8 Å². The van der Waals surface area contributed by atoms with Gasteiger partial charge in [-0.3, -0.25) is 4.90 Å². The maximum atomic E-state index is 9.96. The van der Waals surface area contributed by atoms with Gasteiger partial charge in [0.2, 0.25) is 0 Å². The highest BCUT2D eigenvalue weighted by Gasteiger charge is 2.24. The molecule has 1 saturated heterocycles. The fourth-order valence-corrected chi connectivity index (χ4v) is 2.97. The molecule has 20 heavy (non-hydrogen) atoms. The van der Waals surface area contributed by atoms with Crippen molar-refractivity contribution >= 4 is 0 Å². The molecule has 1 atom stereocenters. The van der Waals surface area contributed by atoms with Crippen LogP contribution in [0.1, 0.15) is 38.3 Å². The number of hydrogen-bond acceptors (Lipinski definition) is 4. The van der Waals surface area contributed by atoms with Gasteiger partial charge in [0.15, 0.2) is 0 Å². The minimum atomic E-state index is 0.141. The van der Waals surface area contributed by atoms with Gasteiger partial charge in [0, 0.05) is 11.6 Å². The third kappa shape index (κ3) is 3.64. The highest BCUT2D eigenvalue weighted by molar-refractivity contribution is 5.40. The standard InChI is InChI=1S/C16H26N2O2/c1-3-17-11-13-6-8-18(9-7-13)12(2)15-10-14(19)4-5-16(15)20/h4-5,10,12-13,17,19-20H,3,6-9,11H2,1-2H3. The Morgan fingerprint density at radius 3 is 2.65 bits per heavy atom. The van der Waals surface area contributed by atoms with Crippen LogP contribution in [0.5, 0.6) is 11.5 Å². The van der Waals surface area contributed by atoms with E-state index in [9.17, 15) is 10.2 Å². The molecule has 112 valence electrons. The molecule has 0 spiro atoms. The van der Waals surface area contributed by atoms with Crippen LogP contribution in [-0.2, 0) is 0 Å². The summed E-state index contributed by atoms with van der Waals surface area (Å²) in [5.74, 6) is 1.24. The van der Waals surface area contributed by atoms with E-state index in [1.54, 1.807) is 12.1 Å². The molecule has 4 heteroatoms. The lowest BCUT2D eigenvalue weighted by molar-refractivity contribution is 0.138. The summed E-state index contributed by atoms with van der Waals surface area (Å²) in [6.45, 7) is 8.48. The average molecular weight is 278 g/mol. The number of aromatic hydroxyl groups is 2. The first-order chi connectivity index (χ1) is 9.61. The molecule has 2 rings (SSSR count). The normalized spacial score (nSPS) is 19.1. The van der Waals surface area contributed by atoms with Gasteiger partial charge in [0.25, 0.3) is 0 Å². The molecule has 1 fully saturated rings. The molecule has 0 amide bonds. The maximum Gasteiger partial charge on any atom is 0.120 e. The zero-order valence-corrected chi connectivity index (χ0v) is 12.5. The summed E-state index contributed by atoms with van der Waals surface area (Å²) in [4.78, 5) is 2.39. The molecule has 1 aliphatic rings. The van der Waals surface area contributed by atoms with Crippen LogP contribution in [0.15, 0.2) is 18.2 Å². The second-order valence-corrected chi connectivity index (χ2v) is 5.71. The van der Waals surface area contributed by atoms with Crippen LogP contribution < -0.4 is 5.32 Å². The first-order valence-electron chi connectivity index (χ1n) is 7.58. The summed E-state index contributed by atoms with van der Waals surface area (Å²) in [5.41, 5.74) is 0.815. The number of rotatable bonds is 5. The van der Waals surface area contributed by atoms with E-state index in [1.165, 1.54) is 18.9 Å². The summed E-state index contributed by atoms with van der Waals surface area (Å²) < 4.78 is 0. The smallest absolute Gasteiger partial charge is 0.120 e. The second-order valence-electron chi connectivity index (χ2n) is 5.71.